The predicted octanol–water partition coefficient (Wildman–Crippen LogP) is 3.97. The van der Waals surface area contributed by atoms with Gasteiger partial charge >= 0.3 is 25.4 Å². The van der Waals surface area contributed by atoms with Gasteiger partial charge in [-0.3, -0.25) is 0 Å². The van der Waals surface area contributed by atoms with Crippen molar-refractivity contribution in [3.05, 3.63) is 67.6 Å². The van der Waals surface area contributed by atoms with Crippen LogP contribution in [-0.2, 0) is 24.2 Å². The molecular formula is C15H15BrO2Zn. The van der Waals surface area contributed by atoms with Crippen LogP contribution < -0.4 is 0 Å². The van der Waals surface area contributed by atoms with E-state index in [2.05, 4.69) is 6.07 Å². The van der Waals surface area contributed by atoms with Crippen molar-refractivity contribution >= 4 is 23.0 Å². The van der Waals surface area contributed by atoms with Crippen LogP contribution in [0.15, 0.2) is 48.5 Å². The summed E-state index contributed by atoms with van der Waals surface area (Å²) in [4.78, 5) is 11.6. The van der Waals surface area contributed by atoms with Gasteiger partial charge in [0.25, 0.3) is 0 Å². The molecule has 0 radical (unpaired) electrons. The molecule has 2 aromatic rings. The zero-order valence-electron chi connectivity index (χ0n) is 11.1. The fourth-order valence-corrected chi connectivity index (χ4v) is 1.59. The van der Waals surface area contributed by atoms with Gasteiger partial charge in [0.05, 0.1) is 12.7 Å². The standard InChI is InChI=1S/C14H11O2.CH3.BrH.Zn/c1-16-14(15)13-10-6-5-9-12(13)11-7-3-2-4-8-11;;;/h3-10H,1H3;1H3;1H;/q2*-1;;+2. The van der Waals surface area contributed by atoms with Crippen molar-refractivity contribution in [2.24, 2.45) is 0 Å². The van der Waals surface area contributed by atoms with Gasteiger partial charge in [-0.2, -0.15) is 30.3 Å². The Kier molecular flexibility index (Phi) is 10.6. The monoisotopic (exact) mass is 370 g/mol. The number of carbonyl (C=O) groups excluding carboxylic acids is 1. The van der Waals surface area contributed by atoms with Gasteiger partial charge in [-0.05, 0) is 11.6 Å². The van der Waals surface area contributed by atoms with E-state index in [9.17, 15) is 4.79 Å². The summed E-state index contributed by atoms with van der Waals surface area (Å²) in [5.41, 5.74) is 2.44. The zero-order chi connectivity index (χ0) is 11.4. The quantitative estimate of drug-likeness (QED) is 0.453. The third-order valence-electron chi connectivity index (χ3n) is 2.36. The summed E-state index contributed by atoms with van der Waals surface area (Å²) in [6.07, 6.45) is 0. The Hall–Kier alpha value is -0.987. The summed E-state index contributed by atoms with van der Waals surface area (Å²) in [6, 6.07) is 17.8. The van der Waals surface area contributed by atoms with Gasteiger partial charge in [0.15, 0.2) is 0 Å². The molecule has 0 aliphatic carbocycles. The topological polar surface area (TPSA) is 26.3 Å². The van der Waals surface area contributed by atoms with Gasteiger partial charge < -0.3 is 12.2 Å². The van der Waals surface area contributed by atoms with Crippen LogP contribution in [-0.4, -0.2) is 13.1 Å². The third-order valence-corrected chi connectivity index (χ3v) is 2.36. The van der Waals surface area contributed by atoms with E-state index >= 15 is 0 Å². The minimum atomic E-state index is -0.316. The fourth-order valence-electron chi connectivity index (χ4n) is 1.59. The second-order valence-corrected chi connectivity index (χ2v) is 3.33. The number of esters is 1. The molecule has 0 aliphatic heterocycles. The van der Waals surface area contributed by atoms with Crippen LogP contribution in [0.1, 0.15) is 10.4 Å². The minimum Gasteiger partial charge on any atom is -0.465 e. The molecule has 0 unspecified atom stereocenters. The molecule has 0 saturated heterocycles. The number of rotatable bonds is 2. The van der Waals surface area contributed by atoms with Crippen molar-refractivity contribution in [1.29, 1.82) is 0 Å². The first-order chi connectivity index (χ1) is 7.83. The molecule has 0 bridgehead atoms. The van der Waals surface area contributed by atoms with Crippen LogP contribution in [0.3, 0.4) is 0 Å². The second-order valence-electron chi connectivity index (χ2n) is 3.33. The van der Waals surface area contributed by atoms with Crippen LogP contribution in [0, 0.1) is 13.5 Å². The van der Waals surface area contributed by atoms with E-state index < -0.39 is 0 Å². The Bertz CT molecular complexity index is 501. The molecule has 0 amide bonds. The van der Waals surface area contributed by atoms with E-state index in [1.54, 1.807) is 6.07 Å². The number of hydrogen-bond donors (Lipinski definition) is 0. The van der Waals surface area contributed by atoms with Crippen LogP contribution in [0.4, 0.5) is 0 Å². The van der Waals surface area contributed by atoms with Crippen LogP contribution in [0.2, 0.25) is 0 Å². The number of ether oxygens (including phenoxy) is 1. The van der Waals surface area contributed by atoms with Gasteiger partial charge in [0, 0.05) is 0 Å². The van der Waals surface area contributed by atoms with Gasteiger partial charge in [-0.15, -0.1) is 22.5 Å². The number of hydrogen-bond acceptors (Lipinski definition) is 2. The van der Waals surface area contributed by atoms with Crippen molar-refractivity contribution in [3.63, 3.8) is 0 Å². The SMILES string of the molecule is Br.COC(=O)c1ccccc1-c1cc[c-]cc1.[CH3-].[Zn+2]. The minimum absolute atomic E-state index is 0. The van der Waals surface area contributed by atoms with Gasteiger partial charge in [0.1, 0.15) is 0 Å². The Morgan fingerprint density at radius 3 is 2.26 bits per heavy atom. The van der Waals surface area contributed by atoms with Crippen molar-refractivity contribution in [2.45, 2.75) is 0 Å². The molecule has 0 heterocycles. The fraction of sp³-hybridized carbons (Fsp3) is 0.0667. The summed E-state index contributed by atoms with van der Waals surface area (Å²) in [5.74, 6) is -0.316. The Morgan fingerprint density at radius 1 is 1.11 bits per heavy atom. The van der Waals surface area contributed by atoms with E-state index in [0.29, 0.717) is 5.56 Å². The van der Waals surface area contributed by atoms with E-state index in [-0.39, 0.29) is 49.9 Å². The normalized spacial score (nSPS) is 8.26. The van der Waals surface area contributed by atoms with Crippen molar-refractivity contribution in [2.75, 3.05) is 7.11 Å². The predicted molar refractivity (Wildman–Crippen MR) is 78.8 cm³/mol. The molecule has 0 aliphatic rings. The summed E-state index contributed by atoms with van der Waals surface area (Å²) < 4.78 is 4.75. The van der Waals surface area contributed by atoms with Crippen molar-refractivity contribution < 1.29 is 29.0 Å². The Labute approximate surface area is 137 Å². The van der Waals surface area contributed by atoms with Crippen LogP contribution in [0.5, 0.6) is 0 Å². The van der Waals surface area contributed by atoms with E-state index in [0.717, 1.165) is 11.1 Å². The van der Waals surface area contributed by atoms with Crippen LogP contribution in [0.25, 0.3) is 11.1 Å². The molecule has 2 aromatic carbocycles. The number of carbonyl (C=O) groups is 1. The van der Waals surface area contributed by atoms with E-state index in [4.69, 9.17) is 4.74 Å². The first kappa shape index (κ1) is 20.3. The van der Waals surface area contributed by atoms with Gasteiger partial charge in [0.2, 0.25) is 0 Å². The molecule has 2 nitrogen and oxygen atoms in total. The third kappa shape index (κ3) is 4.89. The molecule has 0 fully saturated rings. The van der Waals surface area contributed by atoms with Crippen LogP contribution >= 0.6 is 17.0 Å². The molecular weight excluding hydrogens is 357 g/mol. The molecule has 19 heavy (non-hydrogen) atoms. The molecule has 2 rings (SSSR count). The zero-order valence-corrected chi connectivity index (χ0v) is 15.7. The second kappa shape index (κ2) is 9.88. The number of halogens is 1. The molecule has 4 heteroatoms. The Morgan fingerprint density at radius 2 is 1.68 bits per heavy atom. The first-order valence-corrected chi connectivity index (χ1v) is 4.97. The van der Waals surface area contributed by atoms with E-state index in [1.165, 1.54) is 7.11 Å². The average Bonchev–Trinajstić information content (AvgIpc) is 2.39. The summed E-state index contributed by atoms with van der Waals surface area (Å²) in [5, 5.41) is 0. The number of benzene rings is 2. The summed E-state index contributed by atoms with van der Waals surface area (Å²) >= 11 is 0. The summed E-state index contributed by atoms with van der Waals surface area (Å²) in [7, 11) is 1.39. The molecule has 0 saturated carbocycles. The average molecular weight is 373 g/mol. The molecule has 96 valence electrons. The van der Waals surface area contributed by atoms with Gasteiger partial charge in [-0.25, -0.2) is 4.79 Å². The number of methoxy groups -OCH3 is 1. The largest absolute Gasteiger partial charge is 2.00 e. The van der Waals surface area contributed by atoms with E-state index in [1.807, 2.05) is 42.5 Å². The van der Waals surface area contributed by atoms with Crippen molar-refractivity contribution in [1.82, 2.24) is 0 Å². The molecule has 0 N–H and O–H groups in total. The Balaban J connectivity index is 0. The maximum absolute atomic E-state index is 11.6. The van der Waals surface area contributed by atoms with Gasteiger partial charge in [-0.1, -0.05) is 18.2 Å². The smallest absolute Gasteiger partial charge is 0.465 e. The molecule has 0 atom stereocenters. The maximum Gasteiger partial charge on any atom is 2.00 e. The van der Waals surface area contributed by atoms with Crippen molar-refractivity contribution in [3.8, 4) is 11.1 Å². The first-order valence-electron chi connectivity index (χ1n) is 4.97. The molecule has 0 aromatic heterocycles. The maximum atomic E-state index is 11.6. The summed E-state index contributed by atoms with van der Waals surface area (Å²) in [6.45, 7) is 0. The molecule has 0 spiro atoms.